The molecule has 4 rings (SSSR count). The van der Waals surface area contributed by atoms with Crippen LogP contribution in [-0.4, -0.2) is 20.7 Å². The molecule has 6 heteroatoms. The van der Waals surface area contributed by atoms with Crippen molar-refractivity contribution in [2.45, 2.75) is 45.1 Å². The number of rotatable bonds is 6. The Morgan fingerprint density at radius 1 is 1.23 bits per heavy atom. The normalized spacial score (nSPS) is 14.0. The summed E-state index contributed by atoms with van der Waals surface area (Å²) >= 11 is 0. The summed E-state index contributed by atoms with van der Waals surface area (Å²) in [6.45, 7) is 4.48. The van der Waals surface area contributed by atoms with Crippen molar-refractivity contribution in [1.29, 1.82) is 0 Å². The molecule has 0 spiro atoms. The first kappa shape index (κ1) is 16.6. The molecule has 1 N–H and O–H groups in total. The Morgan fingerprint density at radius 3 is 2.69 bits per heavy atom. The minimum atomic E-state index is -0.0957. The Bertz CT molecular complexity index is 904. The minimum absolute atomic E-state index is 0.0957. The van der Waals surface area contributed by atoms with E-state index in [9.17, 15) is 4.79 Å². The van der Waals surface area contributed by atoms with Crippen LogP contribution >= 0.6 is 0 Å². The number of nitrogens with one attached hydrogen (secondary N) is 1. The second-order valence-electron chi connectivity index (χ2n) is 7.07. The predicted molar refractivity (Wildman–Crippen MR) is 98.9 cm³/mol. The molecule has 26 heavy (non-hydrogen) atoms. The zero-order valence-electron chi connectivity index (χ0n) is 15.0. The van der Waals surface area contributed by atoms with Gasteiger partial charge in [-0.05, 0) is 48.6 Å². The molecule has 0 bridgehead atoms. The van der Waals surface area contributed by atoms with Crippen LogP contribution in [0.3, 0.4) is 0 Å². The lowest BCUT2D eigenvalue weighted by molar-refractivity contribution is -0.116. The summed E-state index contributed by atoms with van der Waals surface area (Å²) < 4.78 is 7.57. The predicted octanol–water partition coefficient (Wildman–Crippen LogP) is 4.18. The van der Waals surface area contributed by atoms with Crippen molar-refractivity contribution < 1.29 is 9.21 Å². The average molecular weight is 350 g/mol. The highest BCUT2D eigenvalue weighted by Crippen LogP contribution is 2.39. The van der Waals surface area contributed by atoms with Crippen molar-refractivity contribution in [3.63, 3.8) is 0 Å². The fourth-order valence-corrected chi connectivity index (χ4v) is 2.89. The highest BCUT2D eigenvalue weighted by molar-refractivity contribution is 5.90. The van der Waals surface area contributed by atoms with Gasteiger partial charge in [0.15, 0.2) is 0 Å². The Morgan fingerprint density at radius 2 is 2.00 bits per heavy atom. The van der Waals surface area contributed by atoms with Crippen molar-refractivity contribution >= 4 is 11.6 Å². The van der Waals surface area contributed by atoms with E-state index in [0.717, 1.165) is 24.2 Å². The lowest BCUT2D eigenvalue weighted by Crippen LogP contribution is -2.18. The number of anilines is 1. The van der Waals surface area contributed by atoms with Crippen LogP contribution in [0.2, 0.25) is 0 Å². The summed E-state index contributed by atoms with van der Waals surface area (Å²) in [5.41, 5.74) is 2.80. The maximum atomic E-state index is 12.4. The van der Waals surface area contributed by atoms with E-state index in [-0.39, 0.29) is 12.5 Å². The van der Waals surface area contributed by atoms with Gasteiger partial charge in [0.1, 0.15) is 12.2 Å². The molecule has 0 unspecified atom stereocenters. The van der Waals surface area contributed by atoms with E-state index < -0.39 is 0 Å². The quantitative estimate of drug-likeness (QED) is 0.724. The van der Waals surface area contributed by atoms with E-state index >= 15 is 0 Å². The standard InChI is InChI=1S/C20H22N4O2/c1-13(2)14-7-9-16(10-8-14)21-18(25)12-24-11-3-4-17(24)20-23-22-19(26-20)15-5-6-15/h3-4,7-11,13,15H,5-6,12H2,1-2H3,(H,21,25). The van der Waals surface area contributed by atoms with Gasteiger partial charge in [-0.15, -0.1) is 10.2 Å². The molecule has 1 aliphatic carbocycles. The molecule has 134 valence electrons. The first-order valence-electron chi connectivity index (χ1n) is 8.99. The number of carbonyl (C=O) groups is 1. The second kappa shape index (κ2) is 6.78. The van der Waals surface area contributed by atoms with Crippen LogP contribution in [-0.2, 0) is 11.3 Å². The molecule has 0 atom stereocenters. The van der Waals surface area contributed by atoms with Gasteiger partial charge >= 0.3 is 0 Å². The highest BCUT2D eigenvalue weighted by Gasteiger charge is 2.30. The SMILES string of the molecule is CC(C)c1ccc(NC(=O)Cn2cccc2-c2nnc(C3CC3)o2)cc1. The topological polar surface area (TPSA) is 73.0 Å². The third-order valence-corrected chi connectivity index (χ3v) is 4.59. The molecule has 0 aliphatic heterocycles. The summed E-state index contributed by atoms with van der Waals surface area (Å²) in [5.74, 6) is 1.95. The van der Waals surface area contributed by atoms with E-state index in [2.05, 4.69) is 29.4 Å². The molecule has 1 aromatic carbocycles. The number of hydrogen-bond donors (Lipinski definition) is 1. The number of nitrogens with zero attached hydrogens (tertiary/aromatic N) is 3. The van der Waals surface area contributed by atoms with Crippen LogP contribution in [0.25, 0.3) is 11.6 Å². The third kappa shape index (κ3) is 3.54. The van der Waals surface area contributed by atoms with Crippen LogP contribution in [0.5, 0.6) is 0 Å². The monoisotopic (exact) mass is 350 g/mol. The fraction of sp³-hybridized carbons (Fsp3) is 0.350. The molecule has 1 amide bonds. The molecule has 3 aromatic rings. The zero-order valence-corrected chi connectivity index (χ0v) is 15.0. The number of benzene rings is 1. The molecule has 1 aliphatic rings. The fourth-order valence-electron chi connectivity index (χ4n) is 2.89. The maximum Gasteiger partial charge on any atom is 0.264 e. The number of hydrogen-bond acceptors (Lipinski definition) is 4. The number of aromatic nitrogens is 3. The van der Waals surface area contributed by atoms with E-state index in [1.54, 1.807) is 0 Å². The van der Waals surface area contributed by atoms with E-state index in [1.165, 1.54) is 5.56 Å². The van der Waals surface area contributed by atoms with Gasteiger partial charge in [-0.1, -0.05) is 26.0 Å². The van der Waals surface area contributed by atoms with Crippen molar-refractivity contribution in [3.05, 3.63) is 54.0 Å². The van der Waals surface area contributed by atoms with Gasteiger partial charge in [-0.2, -0.15) is 0 Å². The second-order valence-corrected chi connectivity index (χ2v) is 7.07. The molecule has 6 nitrogen and oxygen atoms in total. The summed E-state index contributed by atoms with van der Waals surface area (Å²) in [5, 5.41) is 11.2. The van der Waals surface area contributed by atoms with Crippen molar-refractivity contribution in [2.75, 3.05) is 5.32 Å². The summed E-state index contributed by atoms with van der Waals surface area (Å²) in [6, 6.07) is 11.7. The van der Waals surface area contributed by atoms with Crippen LogP contribution in [0.4, 0.5) is 5.69 Å². The number of amides is 1. The Hall–Kier alpha value is -2.89. The molecule has 2 heterocycles. The molecule has 2 aromatic heterocycles. The van der Waals surface area contributed by atoms with Crippen LogP contribution in [0, 0.1) is 0 Å². The Labute approximate surface area is 152 Å². The lowest BCUT2D eigenvalue weighted by Gasteiger charge is -2.10. The largest absolute Gasteiger partial charge is 0.419 e. The van der Waals surface area contributed by atoms with E-state index in [4.69, 9.17) is 4.42 Å². The molecule has 0 radical (unpaired) electrons. The van der Waals surface area contributed by atoms with Gasteiger partial charge in [0, 0.05) is 17.8 Å². The van der Waals surface area contributed by atoms with E-state index in [0.29, 0.717) is 23.6 Å². The van der Waals surface area contributed by atoms with Crippen LogP contribution in [0.15, 0.2) is 47.0 Å². The molecule has 0 saturated heterocycles. The number of carbonyl (C=O) groups excluding carboxylic acids is 1. The molecular weight excluding hydrogens is 328 g/mol. The Kier molecular flexibility index (Phi) is 4.32. The van der Waals surface area contributed by atoms with E-state index in [1.807, 2.05) is 47.2 Å². The van der Waals surface area contributed by atoms with Gasteiger partial charge in [0.05, 0.1) is 0 Å². The summed E-state index contributed by atoms with van der Waals surface area (Å²) in [4.78, 5) is 12.4. The van der Waals surface area contributed by atoms with Crippen LogP contribution in [0.1, 0.15) is 50.0 Å². The maximum absolute atomic E-state index is 12.4. The third-order valence-electron chi connectivity index (χ3n) is 4.59. The Balaban J connectivity index is 1.43. The smallest absolute Gasteiger partial charge is 0.264 e. The molecule has 1 fully saturated rings. The first-order chi connectivity index (χ1) is 12.6. The highest BCUT2D eigenvalue weighted by atomic mass is 16.4. The first-order valence-corrected chi connectivity index (χ1v) is 8.99. The van der Waals surface area contributed by atoms with Crippen molar-refractivity contribution in [2.24, 2.45) is 0 Å². The minimum Gasteiger partial charge on any atom is -0.419 e. The van der Waals surface area contributed by atoms with Gasteiger partial charge in [-0.25, -0.2) is 0 Å². The van der Waals surface area contributed by atoms with Crippen LogP contribution < -0.4 is 5.32 Å². The summed E-state index contributed by atoms with van der Waals surface area (Å²) in [7, 11) is 0. The molecular formula is C20H22N4O2. The lowest BCUT2D eigenvalue weighted by atomic mass is 10.0. The van der Waals surface area contributed by atoms with Gasteiger partial charge in [0.25, 0.3) is 5.89 Å². The summed E-state index contributed by atoms with van der Waals surface area (Å²) in [6.07, 6.45) is 4.07. The van der Waals surface area contributed by atoms with Gasteiger partial charge in [-0.3, -0.25) is 4.79 Å². The van der Waals surface area contributed by atoms with Gasteiger partial charge < -0.3 is 14.3 Å². The zero-order chi connectivity index (χ0) is 18.1. The van der Waals surface area contributed by atoms with Crippen molar-refractivity contribution in [3.8, 4) is 11.6 Å². The molecule has 1 saturated carbocycles. The van der Waals surface area contributed by atoms with Gasteiger partial charge in [0.2, 0.25) is 11.8 Å². The van der Waals surface area contributed by atoms with Crippen molar-refractivity contribution in [1.82, 2.24) is 14.8 Å². The average Bonchev–Trinajstić information content (AvgIpc) is 3.17.